The van der Waals surface area contributed by atoms with Crippen molar-refractivity contribution < 1.29 is 39.4 Å². The molecule has 1 heterocycles. The molecule has 1 amide bonds. The van der Waals surface area contributed by atoms with E-state index in [1.165, 1.54) is 56.9 Å². The fraction of sp³-hybridized carbons (Fsp3) is 0.919. The minimum Gasteiger partial charge on any atom is -0.446 e. The molecule has 1 saturated heterocycles. The van der Waals surface area contributed by atoms with Crippen molar-refractivity contribution in [2.75, 3.05) is 19.8 Å². The van der Waals surface area contributed by atoms with E-state index >= 15 is 0 Å². The van der Waals surface area contributed by atoms with Crippen LogP contribution in [0.5, 0.6) is 0 Å². The highest BCUT2D eigenvalue weighted by Gasteiger charge is 2.59. The van der Waals surface area contributed by atoms with E-state index in [1.54, 1.807) is 0 Å². The number of aliphatic hydroxyl groups excluding tert-OH is 4. The number of aliphatic hydroxyl groups is 4. The zero-order valence-corrected chi connectivity index (χ0v) is 29.0. The molecule has 0 bridgehead atoms. The van der Waals surface area contributed by atoms with E-state index in [9.17, 15) is 25.2 Å². The zero-order chi connectivity index (χ0) is 33.2. The fourth-order valence-corrected chi connectivity index (χ4v) is 10.6. The van der Waals surface area contributed by atoms with Gasteiger partial charge >= 0.3 is 6.09 Å². The van der Waals surface area contributed by atoms with E-state index in [-0.39, 0.29) is 18.1 Å². The number of nitrogens with one attached hydrogen (secondary N) is 1. The molecule has 46 heavy (non-hydrogen) atoms. The predicted octanol–water partition coefficient (Wildman–Crippen LogP) is 5.33. The summed E-state index contributed by atoms with van der Waals surface area (Å²) in [5.41, 5.74) is 2.20. The summed E-state index contributed by atoms with van der Waals surface area (Å²) in [7, 11) is 0. The van der Waals surface area contributed by atoms with Gasteiger partial charge in [-0.3, -0.25) is 0 Å². The van der Waals surface area contributed by atoms with Crippen LogP contribution in [0.3, 0.4) is 0 Å². The first kappa shape index (κ1) is 36.1. The van der Waals surface area contributed by atoms with Crippen molar-refractivity contribution in [2.45, 2.75) is 148 Å². The Morgan fingerprint density at radius 1 is 1.00 bits per heavy atom. The van der Waals surface area contributed by atoms with Crippen LogP contribution in [-0.2, 0) is 14.2 Å². The second-order valence-electron chi connectivity index (χ2n) is 16.4. The van der Waals surface area contributed by atoms with Crippen LogP contribution in [0, 0.1) is 46.3 Å². The molecule has 0 aromatic carbocycles. The summed E-state index contributed by atoms with van der Waals surface area (Å²) in [6.45, 7) is 12.4. The third kappa shape index (κ3) is 7.35. The Labute approximate surface area is 276 Å². The minimum atomic E-state index is -1.47. The van der Waals surface area contributed by atoms with Crippen molar-refractivity contribution in [3.05, 3.63) is 11.6 Å². The van der Waals surface area contributed by atoms with E-state index in [0.717, 1.165) is 54.8 Å². The van der Waals surface area contributed by atoms with Gasteiger partial charge in [-0.15, -0.1) is 0 Å². The molecule has 5 N–H and O–H groups in total. The third-order valence-electron chi connectivity index (χ3n) is 13.3. The Morgan fingerprint density at radius 3 is 2.52 bits per heavy atom. The molecule has 3 saturated carbocycles. The number of hydrogen-bond acceptors (Lipinski definition) is 8. The number of fused-ring (bicyclic) bond motifs is 5. The zero-order valence-electron chi connectivity index (χ0n) is 29.0. The van der Waals surface area contributed by atoms with Gasteiger partial charge < -0.3 is 40.0 Å². The lowest BCUT2D eigenvalue weighted by molar-refractivity contribution is -0.301. The average Bonchev–Trinajstić information content (AvgIpc) is 3.38. The highest BCUT2D eigenvalue weighted by Crippen LogP contribution is 2.67. The summed E-state index contributed by atoms with van der Waals surface area (Å²) in [5.74, 6) is 4.84. The molecule has 0 unspecified atom stereocenters. The molecule has 0 radical (unpaired) electrons. The molecule has 13 atom stereocenters. The quantitative estimate of drug-likeness (QED) is 0.141. The van der Waals surface area contributed by atoms with E-state index in [0.29, 0.717) is 18.4 Å². The molecule has 0 spiro atoms. The van der Waals surface area contributed by atoms with Crippen LogP contribution in [0.2, 0.25) is 0 Å². The second-order valence-corrected chi connectivity index (χ2v) is 16.4. The van der Waals surface area contributed by atoms with Gasteiger partial charge in [0.1, 0.15) is 30.5 Å². The van der Waals surface area contributed by atoms with Gasteiger partial charge in [-0.05, 0) is 97.7 Å². The number of alkyl carbamates (subject to hydrolysis) is 1. The molecule has 9 heteroatoms. The Kier molecular flexibility index (Phi) is 11.9. The smallest absolute Gasteiger partial charge is 0.407 e. The summed E-state index contributed by atoms with van der Waals surface area (Å²) in [6.07, 6.45) is 9.51. The highest BCUT2D eigenvalue weighted by atomic mass is 16.7. The van der Waals surface area contributed by atoms with E-state index in [1.807, 2.05) is 0 Å². The Bertz CT molecular complexity index is 1050. The van der Waals surface area contributed by atoms with Gasteiger partial charge in [0.15, 0.2) is 6.29 Å². The van der Waals surface area contributed by atoms with Crippen LogP contribution in [-0.4, -0.2) is 83.1 Å². The lowest BCUT2D eigenvalue weighted by atomic mass is 9.47. The summed E-state index contributed by atoms with van der Waals surface area (Å²) < 4.78 is 16.7. The first-order chi connectivity index (χ1) is 21.9. The molecule has 264 valence electrons. The summed E-state index contributed by atoms with van der Waals surface area (Å²) in [4.78, 5) is 12.7. The maximum absolute atomic E-state index is 12.7. The van der Waals surface area contributed by atoms with Crippen molar-refractivity contribution >= 4 is 6.09 Å². The van der Waals surface area contributed by atoms with Gasteiger partial charge in [-0.1, -0.05) is 65.5 Å². The molecule has 1 aliphatic heterocycles. The number of carbonyl (C=O) groups is 1. The summed E-state index contributed by atoms with van der Waals surface area (Å²) in [6, 6.07) is 0. The van der Waals surface area contributed by atoms with E-state index in [2.05, 4.69) is 46.0 Å². The summed E-state index contributed by atoms with van der Waals surface area (Å²) in [5, 5.41) is 42.0. The number of allylic oxidation sites excluding steroid dienone is 1. The monoisotopic (exact) mass is 649 g/mol. The van der Waals surface area contributed by atoms with Crippen LogP contribution < -0.4 is 5.32 Å². The Morgan fingerprint density at radius 2 is 1.78 bits per heavy atom. The maximum Gasteiger partial charge on any atom is 0.407 e. The Hall–Kier alpha value is -1.23. The lowest BCUT2D eigenvalue weighted by Gasteiger charge is -2.58. The number of ether oxygens (including phenoxy) is 3. The van der Waals surface area contributed by atoms with Gasteiger partial charge in [0.05, 0.1) is 13.2 Å². The van der Waals surface area contributed by atoms with E-state index in [4.69, 9.17) is 14.2 Å². The number of rotatable bonds is 12. The predicted molar refractivity (Wildman–Crippen MR) is 176 cm³/mol. The average molecular weight is 650 g/mol. The largest absolute Gasteiger partial charge is 0.446 e. The first-order valence-electron chi connectivity index (χ1n) is 18.4. The van der Waals surface area contributed by atoms with Crippen molar-refractivity contribution in [1.82, 2.24) is 5.32 Å². The van der Waals surface area contributed by atoms with Crippen LogP contribution >= 0.6 is 0 Å². The van der Waals surface area contributed by atoms with Gasteiger partial charge in [-0.25, -0.2) is 4.79 Å². The summed E-state index contributed by atoms with van der Waals surface area (Å²) >= 11 is 0. The molecule has 4 fully saturated rings. The van der Waals surface area contributed by atoms with Gasteiger partial charge in [0.2, 0.25) is 0 Å². The number of hydrogen-bond donors (Lipinski definition) is 5. The van der Waals surface area contributed by atoms with Crippen molar-refractivity contribution in [3.8, 4) is 0 Å². The highest BCUT2D eigenvalue weighted by molar-refractivity contribution is 5.67. The van der Waals surface area contributed by atoms with Crippen molar-refractivity contribution in [1.29, 1.82) is 0 Å². The molecule has 4 aliphatic carbocycles. The standard InChI is InChI=1S/C37H63NO8/c1-22(2)8-6-9-23(3)27-12-13-28-26-11-10-24-20-25(14-16-36(24,4)29(26)15-17-37(27,28)5)45-35(43)38-18-7-19-44-34-33(42)32(41)31(40)30(21-39)46-34/h10,22-23,25-34,39-42H,6-9,11-21H2,1-5H3,(H,38,43)/t23-,25+,26+,27-,28+,29+,30-,31+,32+,33+,34-,36+,37-/m1/s1. The van der Waals surface area contributed by atoms with Crippen LogP contribution in [0.4, 0.5) is 4.79 Å². The van der Waals surface area contributed by atoms with Crippen LogP contribution in [0.15, 0.2) is 11.6 Å². The van der Waals surface area contributed by atoms with Crippen LogP contribution in [0.1, 0.15) is 112 Å². The van der Waals surface area contributed by atoms with Crippen LogP contribution in [0.25, 0.3) is 0 Å². The molecule has 5 rings (SSSR count). The fourth-order valence-electron chi connectivity index (χ4n) is 10.6. The van der Waals surface area contributed by atoms with Crippen molar-refractivity contribution in [2.24, 2.45) is 46.3 Å². The normalized spacial score (nSPS) is 42.9. The topological polar surface area (TPSA) is 138 Å². The molecular weight excluding hydrogens is 586 g/mol. The molecule has 9 nitrogen and oxygen atoms in total. The van der Waals surface area contributed by atoms with Gasteiger partial charge in [-0.2, -0.15) is 0 Å². The number of amides is 1. The lowest BCUT2D eigenvalue weighted by Crippen LogP contribution is -2.59. The van der Waals surface area contributed by atoms with E-state index < -0.39 is 43.4 Å². The second kappa shape index (κ2) is 15.1. The first-order valence-corrected chi connectivity index (χ1v) is 18.4. The molecule has 0 aromatic heterocycles. The SMILES string of the molecule is CC(C)CCC[C@@H](C)[C@H]1CC[C@H]2[C@@H]3CC=C4C[C@@H](OC(=O)NCCCO[C@@H]5O[C@H](CO)[C@H](O)[C@H](O)[C@@H]5O)CC[C@]4(C)[C@H]3CC[C@]12C. The molecular formula is C37H63NO8. The van der Waals surface area contributed by atoms with Gasteiger partial charge in [0, 0.05) is 13.0 Å². The minimum absolute atomic E-state index is 0.113. The van der Waals surface area contributed by atoms with Crippen molar-refractivity contribution in [3.63, 3.8) is 0 Å². The Balaban J connectivity index is 1.07. The third-order valence-corrected chi connectivity index (χ3v) is 13.3. The maximum atomic E-state index is 12.7. The molecule has 0 aromatic rings. The van der Waals surface area contributed by atoms with Gasteiger partial charge in [0.25, 0.3) is 0 Å². The molecule has 5 aliphatic rings. The number of carbonyl (C=O) groups excluding carboxylic acids is 1.